The zero-order chi connectivity index (χ0) is 18.1. The van der Waals surface area contributed by atoms with Crippen LogP contribution in [0.1, 0.15) is 0 Å². The molecule has 5 nitrogen and oxygen atoms in total. The highest BCUT2D eigenvalue weighted by Crippen LogP contribution is 2.49. The van der Waals surface area contributed by atoms with Gasteiger partial charge >= 0.3 is 0 Å². The second-order valence-electron chi connectivity index (χ2n) is 5.03. The largest absolute Gasteiger partial charge is 0.496 e. The molecule has 1 aromatic heterocycles. The molecule has 0 saturated heterocycles. The topological polar surface area (TPSA) is 53.5 Å². The summed E-state index contributed by atoms with van der Waals surface area (Å²) in [6, 6.07) is 5.21. The summed E-state index contributed by atoms with van der Waals surface area (Å²) in [6.07, 6.45) is 1.62. The third kappa shape index (κ3) is 3.15. The number of aromatic nitrogens is 2. The number of methoxy groups -OCH3 is 3. The minimum atomic E-state index is 0.154. The minimum Gasteiger partial charge on any atom is -0.496 e. The van der Waals surface area contributed by atoms with Gasteiger partial charge in [0.2, 0.25) is 5.28 Å². The lowest BCUT2D eigenvalue weighted by Gasteiger charge is -2.17. The van der Waals surface area contributed by atoms with Crippen molar-refractivity contribution in [1.82, 2.24) is 9.97 Å². The molecule has 0 amide bonds. The lowest BCUT2D eigenvalue weighted by atomic mass is 10.0. The van der Waals surface area contributed by atoms with Crippen molar-refractivity contribution >= 4 is 45.7 Å². The van der Waals surface area contributed by atoms with Gasteiger partial charge in [-0.25, -0.2) is 9.97 Å². The van der Waals surface area contributed by atoms with Crippen molar-refractivity contribution in [3.05, 3.63) is 39.7 Å². The molecule has 0 unspecified atom stereocenters. The van der Waals surface area contributed by atoms with Crippen LogP contribution in [0.25, 0.3) is 22.0 Å². The molecule has 1 heterocycles. The van der Waals surface area contributed by atoms with Crippen molar-refractivity contribution in [2.24, 2.45) is 0 Å². The first kappa shape index (κ1) is 17.9. The fraction of sp³-hybridized carbons (Fsp3) is 0.176. The van der Waals surface area contributed by atoms with Gasteiger partial charge in [-0.3, -0.25) is 0 Å². The molecule has 8 heteroatoms. The summed E-state index contributed by atoms with van der Waals surface area (Å²) in [6.45, 7) is 0. The number of ether oxygens (including phenoxy) is 3. The highest BCUT2D eigenvalue weighted by molar-refractivity contribution is 6.41. The number of hydrogen-bond donors (Lipinski definition) is 0. The SMILES string of the molecule is COc1cc2nc(Cl)ncc2cc1-c1c(Cl)c(OC)cc(OC)c1Cl. The van der Waals surface area contributed by atoms with Crippen molar-refractivity contribution in [2.45, 2.75) is 0 Å². The molecule has 0 radical (unpaired) electrons. The van der Waals surface area contributed by atoms with E-state index in [-0.39, 0.29) is 5.28 Å². The molecule has 3 rings (SSSR count). The van der Waals surface area contributed by atoms with E-state index in [0.29, 0.717) is 43.9 Å². The molecule has 0 saturated carbocycles. The average Bonchev–Trinajstić information content (AvgIpc) is 2.61. The molecule has 3 aromatic rings. The number of hydrogen-bond acceptors (Lipinski definition) is 5. The monoisotopic (exact) mass is 398 g/mol. The van der Waals surface area contributed by atoms with Crippen LogP contribution in [0.4, 0.5) is 0 Å². The van der Waals surface area contributed by atoms with Crippen LogP contribution in [-0.4, -0.2) is 31.3 Å². The highest BCUT2D eigenvalue weighted by Gasteiger charge is 2.22. The highest BCUT2D eigenvalue weighted by atomic mass is 35.5. The van der Waals surface area contributed by atoms with E-state index < -0.39 is 0 Å². The van der Waals surface area contributed by atoms with E-state index in [9.17, 15) is 0 Å². The lowest BCUT2D eigenvalue weighted by Crippen LogP contribution is -1.96. The molecule has 0 aliphatic rings. The van der Waals surface area contributed by atoms with Crippen molar-refractivity contribution in [1.29, 1.82) is 0 Å². The average molecular weight is 400 g/mol. The van der Waals surface area contributed by atoms with E-state index in [4.69, 9.17) is 49.0 Å². The smallest absolute Gasteiger partial charge is 0.222 e. The van der Waals surface area contributed by atoms with Crippen LogP contribution in [0.15, 0.2) is 24.4 Å². The standard InChI is InChI=1S/C17H13Cl3N2O3/c1-23-11-5-10-8(7-21-17(20)22-10)4-9(11)14-15(18)12(24-2)6-13(25-3)16(14)19/h4-7H,1-3H3. The molecular formula is C17H13Cl3N2O3. The van der Waals surface area contributed by atoms with E-state index >= 15 is 0 Å². The van der Waals surface area contributed by atoms with Gasteiger partial charge in [0, 0.05) is 34.8 Å². The third-order valence-corrected chi connectivity index (χ3v) is 4.65. The van der Waals surface area contributed by atoms with Crippen LogP contribution in [0.2, 0.25) is 15.3 Å². The minimum absolute atomic E-state index is 0.154. The Morgan fingerprint density at radius 2 is 1.40 bits per heavy atom. The van der Waals surface area contributed by atoms with Crippen LogP contribution < -0.4 is 14.2 Å². The van der Waals surface area contributed by atoms with Crippen LogP contribution >= 0.6 is 34.8 Å². The number of halogens is 3. The third-order valence-electron chi connectivity index (χ3n) is 3.71. The van der Waals surface area contributed by atoms with E-state index in [1.165, 1.54) is 14.2 Å². The van der Waals surface area contributed by atoms with Gasteiger partial charge < -0.3 is 14.2 Å². The van der Waals surface area contributed by atoms with Crippen molar-refractivity contribution in [2.75, 3.05) is 21.3 Å². The maximum absolute atomic E-state index is 6.51. The summed E-state index contributed by atoms with van der Waals surface area (Å²) in [5.74, 6) is 1.40. The van der Waals surface area contributed by atoms with Gasteiger partial charge in [-0.15, -0.1) is 0 Å². The Labute approximate surface area is 159 Å². The van der Waals surface area contributed by atoms with Crippen molar-refractivity contribution < 1.29 is 14.2 Å². The number of benzene rings is 2. The van der Waals surface area contributed by atoms with Gasteiger partial charge in [-0.1, -0.05) is 23.2 Å². The van der Waals surface area contributed by atoms with Gasteiger partial charge in [0.05, 0.1) is 36.9 Å². The van der Waals surface area contributed by atoms with E-state index in [1.54, 1.807) is 25.4 Å². The second kappa shape index (κ2) is 7.12. The predicted molar refractivity (Wildman–Crippen MR) is 99.7 cm³/mol. The number of rotatable bonds is 4. The fourth-order valence-electron chi connectivity index (χ4n) is 2.52. The Balaban J connectivity index is 2.37. The summed E-state index contributed by atoms with van der Waals surface area (Å²) in [5.41, 5.74) is 1.84. The first-order chi connectivity index (χ1) is 12.0. The summed E-state index contributed by atoms with van der Waals surface area (Å²) < 4.78 is 16.2. The molecular weight excluding hydrogens is 387 g/mol. The summed E-state index contributed by atoms with van der Waals surface area (Å²) in [4.78, 5) is 8.20. The van der Waals surface area contributed by atoms with Crippen LogP contribution in [0.5, 0.6) is 17.2 Å². The van der Waals surface area contributed by atoms with E-state index in [1.807, 2.05) is 6.07 Å². The zero-order valence-electron chi connectivity index (χ0n) is 13.6. The maximum Gasteiger partial charge on any atom is 0.222 e. The first-order valence-electron chi connectivity index (χ1n) is 7.10. The maximum atomic E-state index is 6.51. The molecule has 2 aromatic carbocycles. The molecule has 0 spiro atoms. The van der Waals surface area contributed by atoms with Crippen molar-refractivity contribution in [3.63, 3.8) is 0 Å². The molecule has 130 valence electrons. The Morgan fingerprint density at radius 3 is 1.96 bits per heavy atom. The van der Waals surface area contributed by atoms with Crippen LogP contribution in [0, 0.1) is 0 Å². The molecule has 0 fully saturated rings. The van der Waals surface area contributed by atoms with Gasteiger partial charge in [-0.05, 0) is 17.7 Å². The molecule has 0 N–H and O–H groups in total. The molecule has 0 aliphatic carbocycles. The van der Waals surface area contributed by atoms with Gasteiger partial charge in [0.15, 0.2) is 0 Å². The number of nitrogens with zero attached hydrogens (tertiary/aromatic N) is 2. The molecule has 25 heavy (non-hydrogen) atoms. The summed E-state index contributed by atoms with van der Waals surface area (Å²) in [7, 11) is 4.59. The Hall–Kier alpha value is -1.95. The molecule has 0 atom stereocenters. The lowest BCUT2D eigenvalue weighted by molar-refractivity contribution is 0.394. The Kier molecular flexibility index (Phi) is 5.08. The van der Waals surface area contributed by atoms with Crippen LogP contribution in [0.3, 0.4) is 0 Å². The Bertz CT molecular complexity index is 936. The normalized spacial score (nSPS) is 10.8. The first-order valence-corrected chi connectivity index (χ1v) is 8.24. The number of fused-ring (bicyclic) bond motifs is 1. The quantitative estimate of drug-likeness (QED) is 0.558. The van der Waals surface area contributed by atoms with Crippen molar-refractivity contribution in [3.8, 4) is 28.4 Å². The fourth-order valence-corrected chi connectivity index (χ4v) is 3.37. The summed E-state index contributed by atoms with van der Waals surface area (Å²) in [5, 5.41) is 1.61. The van der Waals surface area contributed by atoms with Gasteiger partial charge in [-0.2, -0.15) is 0 Å². The Morgan fingerprint density at radius 1 is 0.800 bits per heavy atom. The van der Waals surface area contributed by atoms with Crippen LogP contribution in [-0.2, 0) is 0 Å². The zero-order valence-corrected chi connectivity index (χ0v) is 15.8. The van der Waals surface area contributed by atoms with E-state index in [0.717, 1.165) is 5.39 Å². The van der Waals surface area contributed by atoms with Gasteiger partial charge in [0.25, 0.3) is 0 Å². The molecule has 0 aliphatic heterocycles. The second-order valence-corrected chi connectivity index (χ2v) is 6.13. The molecule has 0 bridgehead atoms. The predicted octanol–water partition coefficient (Wildman–Crippen LogP) is 5.28. The van der Waals surface area contributed by atoms with Gasteiger partial charge in [0.1, 0.15) is 17.2 Å². The summed E-state index contributed by atoms with van der Waals surface area (Å²) >= 11 is 18.9. The van der Waals surface area contributed by atoms with E-state index in [2.05, 4.69) is 9.97 Å².